The molecule has 0 bridgehead atoms. The fourth-order valence-electron chi connectivity index (χ4n) is 1.85. The van der Waals surface area contributed by atoms with E-state index in [1.54, 1.807) is 34.3 Å². The van der Waals surface area contributed by atoms with E-state index in [0.717, 1.165) is 17.0 Å². The van der Waals surface area contributed by atoms with Gasteiger partial charge in [-0.15, -0.1) is 10.2 Å². The Balaban J connectivity index is 1.95. The third kappa shape index (κ3) is 2.33. The number of hydrogen-bond donors (Lipinski definition) is 0. The molecule has 0 aliphatic heterocycles. The molecule has 0 atom stereocenters. The molecular formula is C13H13N7. The van der Waals surface area contributed by atoms with Crippen molar-refractivity contribution in [1.29, 1.82) is 0 Å². The molecule has 0 saturated carbocycles. The zero-order chi connectivity index (χ0) is 13.9. The Morgan fingerprint density at radius 1 is 1.20 bits per heavy atom. The van der Waals surface area contributed by atoms with Gasteiger partial charge in [0, 0.05) is 18.1 Å². The highest BCUT2D eigenvalue weighted by Crippen LogP contribution is 2.09. The fourth-order valence-corrected chi connectivity index (χ4v) is 1.85. The van der Waals surface area contributed by atoms with Gasteiger partial charge in [0.25, 0.3) is 5.95 Å². The summed E-state index contributed by atoms with van der Waals surface area (Å²) in [5.74, 6) is 0.556. The number of pyridine rings is 1. The molecule has 20 heavy (non-hydrogen) atoms. The topological polar surface area (TPSA) is 73.8 Å². The van der Waals surface area contributed by atoms with Gasteiger partial charge in [-0.1, -0.05) is 0 Å². The van der Waals surface area contributed by atoms with Gasteiger partial charge in [0.15, 0.2) is 0 Å². The number of rotatable bonds is 3. The minimum Gasteiger partial charge on any atom is -0.265 e. The lowest BCUT2D eigenvalue weighted by Gasteiger charge is -2.02. The molecule has 0 aliphatic carbocycles. The van der Waals surface area contributed by atoms with E-state index in [9.17, 15) is 0 Å². The second-order valence-electron chi connectivity index (χ2n) is 4.34. The zero-order valence-corrected chi connectivity index (χ0v) is 11.2. The third-order valence-electron chi connectivity index (χ3n) is 2.75. The Hall–Kier alpha value is -2.83. The predicted octanol–water partition coefficient (Wildman–Crippen LogP) is 1.36. The van der Waals surface area contributed by atoms with Crippen LogP contribution in [0.15, 0.2) is 42.0 Å². The Morgan fingerprint density at radius 3 is 2.70 bits per heavy atom. The van der Waals surface area contributed by atoms with Crippen molar-refractivity contribution < 1.29 is 0 Å². The van der Waals surface area contributed by atoms with Crippen molar-refractivity contribution >= 4 is 6.21 Å². The summed E-state index contributed by atoms with van der Waals surface area (Å²) in [5.41, 5.74) is 2.86. The first-order valence-corrected chi connectivity index (χ1v) is 6.12. The van der Waals surface area contributed by atoms with Crippen molar-refractivity contribution in [3.8, 4) is 5.95 Å². The van der Waals surface area contributed by atoms with Crippen molar-refractivity contribution in [3.63, 3.8) is 0 Å². The van der Waals surface area contributed by atoms with Gasteiger partial charge in [0.2, 0.25) is 0 Å². The minimum atomic E-state index is 0.556. The van der Waals surface area contributed by atoms with Crippen molar-refractivity contribution in [3.05, 3.63) is 53.9 Å². The maximum Gasteiger partial charge on any atom is 0.273 e. The molecule has 0 unspecified atom stereocenters. The summed E-state index contributed by atoms with van der Waals surface area (Å²) in [5, 5.41) is 16.7. The van der Waals surface area contributed by atoms with E-state index in [1.807, 2.05) is 32.0 Å². The van der Waals surface area contributed by atoms with Gasteiger partial charge in [-0.25, -0.2) is 4.68 Å². The molecule has 3 aromatic rings. The van der Waals surface area contributed by atoms with Gasteiger partial charge in [0.1, 0.15) is 6.33 Å². The lowest BCUT2D eigenvalue weighted by molar-refractivity contribution is 0.717. The number of hydrogen-bond acceptors (Lipinski definition) is 5. The summed E-state index contributed by atoms with van der Waals surface area (Å²) >= 11 is 0. The lowest BCUT2D eigenvalue weighted by Crippen LogP contribution is -2.06. The normalized spacial score (nSPS) is 11.3. The van der Waals surface area contributed by atoms with Crippen LogP contribution in [0.3, 0.4) is 0 Å². The second-order valence-corrected chi connectivity index (χ2v) is 4.34. The molecule has 100 valence electrons. The van der Waals surface area contributed by atoms with Gasteiger partial charge in [-0.3, -0.25) is 4.98 Å². The van der Waals surface area contributed by atoms with Crippen LogP contribution >= 0.6 is 0 Å². The Bertz CT molecular complexity index is 739. The standard InChI is InChI=1S/C13H13N7/c1-10-7-11(2)20(18-10)13-17-15-9-19(13)16-8-12-3-5-14-6-4-12/h3-9H,1-2H3/b16-8-. The molecule has 0 aliphatic rings. The molecule has 0 fully saturated rings. The molecule has 3 aromatic heterocycles. The van der Waals surface area contributed by atoms with Crippen LogP contribution in [0, 0.1) is 13.8 Å². The smallest absolute Gasteiger partial charge is 0.265 e. The van der Waals surface area contributed by atoms with E-state index in [4.69, 9.17) is 0 Å². The summed E-state index contributed by atoms with van der Waals surface area (Å²) in [6.45, 7) is 3.90. The van der Waals surface area contributed by atoms with Crippen molar-refractivity contribution in [2.24, 2.45) is 5.10 Å². The quantitative estimate of drug-likeness (QED) is 0.671. The van der Waals surface area contributed by atoms with Crippen molar-refractivity contribution in [1.82, 2.24) is 29.6 Å². The van der Waals surface area contributed by atoms with E-state index in [0.29, 0.717) is 5.95 Å². The average molecular weight is 267 g/mol. The molecule has 0 saturated heterocycles. The Labute approximate surface area is 115 Å². The molecule has 0 spiro atoms. The van der Waals surface area contributed by atoms with Crippen LogP contribution in [0.2, 0.25) is 0 Å². The summed E-state index contributed by atoms with van der Waals surface area (Å²) in [7, 11) is 0. The Morgan fingerprint density at radius 2 is 2.00 bits per heavy atom. The average Bonchev–Trinajstić information content (AvgIpc) is 3.03. The lowest BCUT2D eigenvalue weighted by atomic mass is 10.3. The van der Waals surface area contributed by atoms with Crippen LogP contribution < -0.4 is 0 Å². The van der Waals surface area contributed by atoms with Crippen LogP contribution in [0.5, 0.6) is 0 Å². The second kappa shape index (κ2) is 5.04. The van der Waals surface area contributed by atoms with E-state index in [2.05, 4.69) is 25.4 Å². The van der Waals surface area contributed by atoms with E-state index in [1.165, 1.54) is 0 Å². The highest BCUT2D eigenvalue weighted by atomic mass is 15.5. The van der Waals surface area contributed by atoms with E-state index >= 15 is 0 Å². The minimum absolute atomic E-state index is 0.556. The van der Waals surface area contributed by atoms with Crippen LogP contribution in [0.25, 0.3) is 5.95 Å². The van der Waals surface area contributed by atoms with Crippen molar-refractivity contribution in [2.45, 2.75) is 13.8 Å². The number of nitrogens with zero attached hydrogens (tertiary/aromatic N) is 7. The number of aryl methyl sites for hydroxylation is 2. The first kappa shape index (κ1) is 12.2. The van der Waals surface area contributed by atoms with E-state index in [-0.39, 0.29) is 0 Å². The van der Waals surface area contributed by atoms with Gasteiger partial charge >= 0.3 is 0 Å². The first-order valence-electron chi connectivity index (χ1n) is 6.12. The summed E-state index contributed by atoms with van der Waals surface area (Å²) in [6.07, 6.45) is 6.70. The van der Waals surface area contributed by atoms with Crippen LogP contribution in [0.1, 0.15) is 17.0 Å². The van der Waals surface area contributed by atoms with Gasteiger partial charge in [0.05, 0.1) is 11.9 Å². The molecule has 3 rings (SSSR count). The van der Waals surface area contributed by atoms with Crippen LogP contribution in [-0.4, -0.2) is 35.9 Å². The molecule has 0 aromatic carbocycles. The molecule has 0 N–H and O–H groups in total. The molecule has 3 heterocycles. The molecule has 0 radical (unpaired) electrons. The predicted molar refractivity (Wildman–Crippen MR) is 73.8 cm³/mol. The molecular weight excluding hydrogens is 254 g/mol. The third-order valence-corrected chi connectivity index (χ3v) is 2.75. The SMILES string of the molecule is Cc1cc(C)n(-c2nncn2/N=C\c2ccncc2)n1. The maximum atomic E-state index is 4.38. The summed E-state index contributed by atoms with van der Waals surface area (Å²) in [6, 6.07) is 5.72. The van der Waals surface area contributed by atoms with Crippen molar-refractivity contribution in [2.75, 3.05) is 0 Å². The van der Waals surface area contributed by atoms with Gasteiger partial charge in [-0.05, 0) is 37.6 Å². The van der Waals surface area contributed by atoms with Crippen LogP contribution in [-0.2, 0) is 0 Å². The summed E-state index contributed by atoms with van der Waals surface area (Å²) in [4.78, 5) is 3.96. The number of aromatic nitrogens is 6. The van der Waals surface area contributed by atoms with Gasteiger partial charge < -0.3 is 0 Å². The highest BCUT2D eigenvalue weighted by Gasteiger charge is 2.10. The van der Waals surface area contributed by atoms with Gasteiger partial charge in [-0.2, -0.15) is 14.9 Å². The molecule has 7 heteroatoms. The first-order chi connectivity index (χ1) is 9.74. The monoisotopic (exact) mass is 267 g/mol. The van der Waals surface area contributed by atoms with E-state index < -0.39 is 0 Å². The maximum absolute atomic E-state index is 4.38. The molecule has 7 nitrogen and oxygen atoms in total. The highest BCUT2D eigenvalue weighted by molar-refractivity contribution is 5.79. The van der Waals surface area contributed by atoms with Crippen LogP contribution in [0.4, 0.5) is 0 Å². The summed E-state index contributed by atoms with van der Waals surface area (Å²) < 4.78 is 3.30. The Kier molecular flexibility index (Phi) is 3.08. The largest absolute Gasteiger partial charge is 0.273 e. The fraction of sp³-hybridized carbons (Fsp3) is 0.154. The zero-order valence-electron chi connectivity index (χ0n) is 11.2. The molecule has 0 amide bonds.